The van der Waals surface area contributed by atoms with Gasteiger partial charge in [0.1, 0.15) is 19.3 Å². The third kappa shape index (κ3) is 17.6. The van der Waals surface area contributed by atoms with E-state index in [9.17, 15) is 29.1 Å². The molecule has 1 fully saturated rings. The molecule has 0 saturated carbocycles. The monoisotopic (exact) mass is 796 g/mol. The van der Waals surface area contributed by atoms with Gasteiger partial charge in [-0.05, 0) is 72.1 Å². The molecule has 1 aliphatic heterocycles. The van der Waals surface area contributed by atoms with E-state index < -0.39 is 28.3 Å². The Labute approximate surface area is 339 Å². The number of rotatable bonds is 27. The topological polar surface area (TPSA) is 156 Å². The highest BCUT2D eigenvalue weighted by molar-refractivity contribution is 5.87. The number of aliphatic hydroxyl groups excluding tert-OH is 1. The Balaban J connectivity index is 3.37. The molecular weight excluding hydrogens is 715 g/mol. The molecule has 324 valence electrons. The maximum absolute atomic E-state index is 14.5. The van der Waals surface area contributed by atoms with Crippen molar-refractivity contribution in [3.63, 3.8) is 0 Å². The Morgan fingerprint density at radius 3 is 2.14 bits per heavy atom. The summed E-state index contributed by atoms with van der Waals surface area (Å²) in [6.07, 6.45) is 6.48. The molecule has 56 heavy (non-hydrogen) atoms. The smallest absolute Gasteiger partial charge is 0.333 e. The van der Waals surface area contributed by atoms with E-state index in [0.29, 0.717) is 82.3 Å². The fraction of sp³-hybridized carbons (Fsp3) is 0.837. The number of quaternary nitrogens is 2. The molecule has 5 unspecified atom stereocenters. The summed E-state index contributed by atoms with van der Waals surface area (Å²) in [4.78, 5) is 70.4. The van der Waals surface area contributed by atoms with Crippen LogP contribution >= 0.6 is 0 Å². The van der Waals surface area contributed by atoms with Gasteiger partial charge < -0.3 is 39.5 Å². The molecule has 13 heteroatoms. The number of amides is 3. The number of likely N-dealkylation sites (tertiary alicyclic amines) is 1. The molecule has 4 N–H and O–H groups in total. The number of carbonyl (C=O) groups excluding carboxylic acids is 5. The van der Waals surface area contributed by atoms with E-state index >= 15 is 0 Å². The van der Waals surface area contributed by atoms with Crippen LogP contribution in [0.25, 0.3) is 0 Å². The summed E-state index contributed by atoms with van der Waals surface area (Å²) in [7, 11) is 8.09. The first kappa shape index (κ1) is 51.0. The summed E-state index contributed by atoms with van der Waals surface area (Å²) in [5.74, 6) is -1.03. The van der Waals surface area contributed by atoms with Crippen LogP contribution in [0.15, 0.2) is 12.2 Å². The predicted molar refractivity (Wildman–Crippen MR) is 221 cm³/mol. The van der Waals surface area contributed by atoms with Crippen molar-refractivity contribution in [2.75, 3.05) is 80.7 Å². The van der Waals surface area contributed by atoms with E-state index in [4.69, 9.17) is 9.47 Å². The molecule has 0 aliphatic carbocycles. The number of nitrogens with zero attached hydrogens (tertiary/aromatic N) is 2. The molecule has 1 rings (SSSR count). The second-order valence-corrected chi connectivity index (χ2v) is 18.3. The lowest BCUT2D eigenvalue weighted by atomic mass is 9.65. The van der Waals surface area contributed by atoms with Gasteiger partial charge in [0, 0.05) is 61.3 Å². The summed E-state index contributed by atoms with van der Waals surface area (Å²) in [6.45, 7) is 20.4. The Hall–Kier alpha value is -3.03. The Bertz CT molecular complexity index is 1290. The molecule has 0 aromatic rings. The lowest BCUT2D eigenvalue weighted by Gasteiger charge is -2.42. The van der Waals surface area contributed by atoms with E-state index in [1.54, 1.807) is 6.92 Å². The van der Waals surface area contributed by atoms with Crippen LogP contribution in [0.4, 0.5) is 0 Å². The molecule has 5 atom stereocenters. The number of hydrogen-bond donors (Lipinski definition) is 4. The molecule has 1 saturated heterocycles. The zero-order valence-corrected chi connectivity index (χ0v) is 37.2. The van der Waals surface area contributed by atoms with Crippen LogP contribution in [0.2, 0.25) is 0 Å². The van der Waals surface area contributed by atoms with Crippen molar-refractivity contribution in [1.29, 1.82) is 0 Å². The van der Waals surface area contributed by atoms with Gasteiger partial charge in [-0.3, -0.25) is 19.2 Å². The van der Waals surface area contributed by atoms with Crippen molar-refractivity contribution in [3.8, 4) is 0 Å². The second kappa shape index (κ2) is 24.0. The van der Waals surface area contributed by atoms with Crippen molar-refractivity contribution < 1.29 is 47.9 Å². The third-order valence-electron chi connectivity index (χ3n) is 11.5. The van der Waals surface area contributed by atoms with Crippen molar-refractivity contribution in [2.24, 2.45) is 16.2 Å². The minimum Gasteiger partial charge on any atom is -0.465 e. The molecule has 0 aromatic carbocycles. The SMILES string of the molecule is C=C(C)C(=O)OCC(O)C[N+](C)(C)CCCNC(=O)C(C)(CC(C)N1CCCCCC1=O)CC(C)(CCC(C)(CC)C(=O)OCCC)C(=O)NCCC[NH+](C)C. The molecular formula is C43H81N5O8+2. The highest BCUT2D eigenvalue weighted by atomic mass is 16.5. The quantitative estimate of drug-likeness (QED) is 0.0427. The average Bonchev–Trinajstić information content (AvgIpc) is 3.35. The third-order valence-corrected chi connectivity index (χ3v) is 11.5. The first-order valence-corrected chi connectivity index (χ1v) is 21.2. The molecule has 0 bridgehead atoms. The van der Waals surface area contributed by atoms with Gasteiger partial charge in [-0.2, -0.15) is 0 Å². The molecule has 0 aromatic heterocycles. The number of carbonyl (C=O) groups is 5. The minimum absolute atomic E-state index is 0.0992. The molecule has 0 spiro atoms. The normalized spacial score (nSPS) is 18.1. The van der Waals surface area contributed by atoms with Crippen molar-refractivity contribution in [2.45, 2.75) is 138 Å². The highest BCUT2D eigenvalue weighted by Gasteiger charge is 2.47. The number of hydrogen-bond acceptors (Lipinski definition) is 8. The van der Waals surface area contributed by atoms with Gasteiger partial charge >= 0.3 is 11.9 Å². The van der Waals surface area contributed by atoms with Crippen molar-refractivity contribution in [3.05, 3.63) is 12.2 Å². The van der Waals surface area contributed by atoms with Gasteiger partial charge in [0.05, 0.1) is 53.3 Å². The van der Waals surface area contributed by atoms with Crippen molar-refractivity contribution in [1.82, 2.24) is 15.5 Å². The van der Waals surface area contributed by atoms with Gasteiger partial charge in [-0.1, -0.05) is 40.7 Å². The van der Waals surface area contributed by atoms with Crippen molar-refractivity contribution >= 4 is 29.7 Å². The van der Waals surface area contributed by atoms with Crippen LogP contribution in [0.1, 0.15) is 126 Å². The number of esters is 2. The summed E-state index contributed by atoms with van der Waals surface area (Å²) in [5, 5.41) is 16.9. The summed E-state index contributed by atoms with van der Waals surface area (Å²) >= 11 is 0. The Morgan fingerprint density at radius 2 is 1.55 bits per heavy atom. The summed E-state index contributed by atoms with van der Waals surface area (Å²) in [6, 6.07) is -0.229. The molecule has 1 heterocycles. The Morgan fingerprint density at radius 1 is 0.946 bits per heavy atom. The zero-order valence-electron chi connectivity index (χ0n) is 37.2. The Kier molecular flexibility index (Phi) is 21.9. The highest BCUT2D eigenvalue weighted by Crippen LogP contribution is 2.44. The number of aliphatic hydroxyl groups is 1. The molecule has 1 aliphatic rings. The van der Waals surface area contributed by atoms with E-state index in [2.05, 4.69) is 31.3 Å². The minimum atomic E-state index is -1.04. The maximum atomic E-state index is 14.5. The fourth-order valence-corrected chi connectivity index (χ4v) is 7.75. The summed E-state index contributed by atoms with van der Waals surface area (Å²) < 4.78 is 11.2. The van der Waals surface area contributed by atoms with E-state index in [0.717, 1.165) is 38.6 Å². The first-order valence-electron chi connectivity index (χ1n) is 21.2. The van der Waals surface area contributed by atoms with Gasteiger partial charge in [-0.15, -0.1) is 0 Å². The lowest BCUT2D eigenvalue weighted by molar-refractivity contribution is -0.893. The predicted octanol–water partition coefficient (Wildman–Crippen LogP) is 3.43. The summed E-state index contributed by atoms with van der Waals surface area (Å²) in [5.41, 5.74) is -2.57. The van der Waals surface area contributed by atoms with Gasteiger partial charge in [0.15, 0.2) is 0 Å². The van der Waals surface area contributed by atoms with E-state index in [1.807, 2.05) is 60.5 Å². The lowest BCUT2D eigenvalue weighted by Crippen LogP contribution is -3.05. The van der Waals surface area contributed by atoms with E-state index in [-0.39, 0.29) is 48.3 Å². The fourth-order valence-electron chi connectivity index (χ4n) is 7.75. The van der Waals surface area contributed by atoms with Gasteiger partial charge in [0.2, 0.25) is 17.7 Å². The standard InChI is InChI=1S/C43H79N5O8/c1-13-28-55-40(54)41(6,14-2)21-22-42(7,38(52)44-23-18-25-46(9)10)32-43(8,29-34(5)47-26-17-15-16-20-36(47)50)39(53)45-24-19-27-48(11,12)30-35(49)31-56-37(51)33(3)4/h34-35,49H,3,13-32H2,1-2,4-12H3,(H-,44,45,52,53)/p+2. The van der Waals surface area contributed by atoms with Crippen LogP contribution in [-0.4, -0.2) is 137 Å². The van der Waals surface area contributed by atoms with Crippen LogP contribution < -0.4 is 15.5 Å². The molecule has 13 nitrogen and oxygen atoms in total. The average molecular weight is 796 g/mol. The second-order valence-electron chi connectivity index (χ2n) is 18.3. The van der Waals surface area contributed by atoms with Gasteiger partial charge in [-0.25, -0.2) is 4.79 Å². The number of nitrogens with one attached hydrogen (secondary N) is 3. The first-order chi connectivity index (χ1) is 26.0. The van der Waals surface area contributed by atoms with Gasteiger partial charge in [0.25, 0.3) is 0 Å². The largest absolute Gasteiger partial charge is 0.465 e. The molecule has 0 radical (unpaired) electrons. The number of ether oxygens (including phenoxy) is 2. The van der Waals surface area contributed by atoms with Crippen LogP contribution in [-0.2, 0) is 33.4 Å². The van der Waals surface area contributed by atoms with Crippen LogP contribution in [0.5, 0.6) is 0 Å². The van der Waals surface area contributed by atoms with Crippen LogP contribution in [0, 0.1) is 16.2 Å². The van der Waals surface area contributed by atoms with Crippen LogP contribution in [0.3, 0.4) is 0 Å². The van der Waals surface area contributed by atoms with E-state index in [1.165, 1.54) is 4.90 Å². The number of likely N-dealkylation sites (N-methyl/N-ethyl adjacent to an activating group) is 1. The maximum Gasteiger partial charge on any atom is 0.333 e. The molecule has 3 amide bonds. The zero-order chi connectivity index (χ0) is 42.7.